The average molecular weight is 411 g/mol. The predicted molar refractivity (Wildman–Crippen MR) is 106 cm³/mol. The zero-order valence-corrected chi connectivity index (χ0v) is 16.1. The summed E-state index contributed by atoms with van der Waals surface area (Å²) in [5, 5.41) is 4.10. The van der Waals surface area contributed by atoms with Crippen LogP contribution in [0.2, 0.25) is 0 Å². The lowest BCUT2D eigenvalue weighted by atomic mass is 9.96. The third kappa shape index (κ3) is 3.56. The van der Waals surface area contributed by atoms with Crippen molar-refractivity contribution in [1.82, 2.24) is 5.16 Å². The minimum atomic E-state index is -3.37. The molecule has 0 amide bonds. The lowest BCUT2D eigenvalue weighted by Crippen LogP contribution is -1.96. The number of sulfone groups is 1. The van der Waals surface area contributed by atoms with E-state index < -0.39 is 21.5 Å². The summed E-state index contributed by atoms with van der Waals surface area (Å²) in [5.41, 5.74) is 2.11. The molecule has 0 saturated carbocycles. The maximum absolute atomic E-state index is 14.5. The fourth-order valence-electron chi connectivity index (χ4n) is 3.08. The van der Waals surface area contributed by atoms with Gasteiger partial charge in [0.1, 0.15) is 5.69 Å². The Hall–Kier alpha value is -3.32. The molecule has 0 unspecified atom stereocenters. The molecule has 0 spiro atoms. The lowest BCUT2D eigenvalue weighted by molar-refractivity contribution is 0.430. The van der Waals surface area contributed by atoms with Gasteiger partial charge in [0.25, 0.3) is 0 Å². The van der Waals surface area contributed by atoms with Crippen molar-refractivity contribution in [2.24, 2.45) is 0 Å². The van der Waals surface area contributed by atoms with Crippen LogP contribution in [0.25, 0.3) is 33.7 Å². The van der Waals surface area contributed by atoms with Gasteiger partial charge < -0.3 is 4.52 Å². The first-order valence-electron chi connectivity index (χ1n) is 8.66. The Morgan fingerprint density at radius 1 is 0.828 bits per heavy atom. The molecule has 0 bridgehead atoms. The van der Waals surface area contributed by atoms with E-state index in [4.69, 9.17) is 4.52 Å². The smallest absolute Gasteiger partial charge is 0.178 e. The maximum atomic E-state index is 14.5. The van der Waals surface area contributed by atoms with Crippen LogP contribution in [0.15, 0.2) is 82.2 Å². The highest BCUT2D eigenvalue weighted by atomic mass is 32.2. The van der Waals surface area contributed by atoms with Crippen LogP contribution in [0.4, 0.5) is 8.78 Å². The summed E-state index contributed by atoms with van der Waals surface area (Å²) < 4.78 is 57.3. The van der Waals surface area contributed by atoms with Crippen LogP contribution in [0.5, 0.6) is 0 Å². The molecular weight excluding hydrogens is 396 g/mol. The van der Waals surface area contributed by atoms with E-state index in [-0.39, 0.29) is 16.2 Å². The van der Waals surface area contributed by atoms with E-state index in [1.165, 1.54) is 24.3 Å². The van der Waals surface area contributed by atoms with E-state index >= 15 is 0 Å². The van der Waals surface area contributed by atoms with Crippen LogP contribution in [0.1, 0.15) is 0 Å². The minimum Gasteiger partial charge on any atom is -0.355 e. The van der Waals surface area contributed by atoms with E-state index in [1.807, 2.05) is 30.3 Å². The van der Waals surface area contributed by atoms with Crippen LogP contribution in [-0.4, -0.2) is 19.8 Å². The Labute approximate surface area is 166 Å². The van der Waals surface area contributed by atoms with Gasteiger partial charge >= 0.3 is 0 Å². The molecule has 0 aliphatic heterocycles. The highest BCUT2D eigenvalue weighted by Crippen LogP contribution is 2.41. The first-order chi connectivity index (χ1) is 13.9. The van der Waals surface area contributed by atoms with Gasteiger partial charge in [0.05, 0.1) is 16.0 Å². The molecule has 4 rings (SSSR count). The van der Waals surface area contributed by atoms with Crippen molar-refractivity contribution in [2.75, 3.05) is 6.26 Å². The van der Waals surface area contributed by atoms with Crippen LogP contribution < -0.4 is 0 Å². The second-order valence-electron chi connectivity index (χ2n) is 6.50. The Balaban J connectivity index is 1.97. The molecule has 1 heterocycles. The van der Waals surface area contributed by atoms with Gasteiger partial charge in [-0.3, -0.25) is 0 Å². The fraction of sp³-hybridized carbons (Fsp3) is 0.0455. The number of aromatic nitrogens is 1. The first kappa shape index (κ1) is 19.0. The molecule has 4 nitrogen and oxygen atoms in total. The van der Waals surface area contributed by atoms with E-state index in [9.17, 15) is 17.2 Å². The van der Waals surface area contributed by atoms with Crippen molar-refractivity contribution < 1.29 is 21.7 Å². The summed E-state index contributed by atoms with van der Waals surface area (Å²) >= 11 is 0. The molecule has 0 atom stereocenters. The topological polar surface area (TPSA) is 60.2 Å². The van der Waals surface area contributed by atoms with Crippen molar-refractivity contribution in [3.8, 4) is 33.7 Å². The van der Waals surface area contributed by atoms with Gasteiger partial charge in [-0.25, -0.2) is 17.2 Å². The summed E-state index contributed by atoms with van der Waals surface area (Å²) in [6, 6.07) is 19.0. The molecule has 7 heteroatoms. The molecular formula is C22H15F2NO3S. The van der Waals surface area contributed by atoms with Crippen LogP contribution in [-0.2, 0) is 9.84 Å². The van der Waals surface area contributed by atoms with Gasteiger partial charge in [-0.05, 0) is 29.8 Å². The molecule has 0 aliphatic carbocycles. The fourth-order valence-corrected chi connectivity index (χ4v) is 3.71. The molecule has 0 saturated heterocycles. The van der Waals surface area contributed by atoms with E-state index in [2.05, 4.69) is 5.16 Å². The summed E-state index contributed by atoms with van der Waals surface area (Å²) in [7, 11) is -3.37. The second-order valence-corrected chi connectivity index (χ2v) is 8.51. The maximum Gasteiger partial charge on any atom is 0.178 e. The minimum absolute atomic E-state index is 0.0629. The molecule has 4 aromatic rings. The molecule has 0 radical (unpaired) electrons. The number of benzene rings is 3. The molecule has 0 aliphatic rings. The van der Waals surface area contributed by atoms with Crippen LogP contribution >= 0.6 is 0 Å². The highest BCUT2D eigenvalue weighted by molar-refractivity contribution is 7.90. The van der Waals surface area contributed by atoms with Gasteiger partial charge in [0, 0.05) is 11.8 Å². The standard InChI is InChI=1S/C22H15F2NO3S/c1-29(26,27)16-12-10-14(11-13-16)19-21(15-6-3-2-4-7-15)25-28-22(19)17-8-5-9-18(23)20(17)24/h2-13H,1H3. The van der Waals surface area contributed by atoms with E-state index in [1.54, 1.807) is 12.1 Å². The normalized spacial score (nSPS) is 11.6. The molecule has 1 aromatic heterocycles. The number of hydrogen-bond acceptors (Lipinski definition) is 4. The average Bonchev–Trinajstić information content (AvgIpc) is 3.15. The van der Waals surface area contributed by atoms with Crippen molar-refractivity contribution in [2.45, 2.75) is 4.90 Å². The second kappa shape index (κ2) is 7.25. The van der Waals surface area contributed by atoms with Gasteiger partial charge in [0.2, 0.25) is 0 Å². The van der Waals surface area contributed by atoms with Crippen molar-refractivity contribution >= 4 is 9.84 Å². The SMILES string of the molecule is CS(=O)(=O)c1ccc(-c2c(-c3ccccc3)noc2-c2cccc(F)c2F)cc1. The van der Waals surface area contributed by atoms with Gasteiger partial charge in [-0.2, -0.15) is 0 Å². The number of hydrogen-bond donors (Lipinski definition) is 0. The quantitative estimate of drug-likeness (QED) is 0.454. The molecule has 0 fully saturated rings. The van der Waals surface area contributed by atoms with Gasteiger partial charge in [-0.1, -0.05) is 53.7 Å². The van der Waals surface area contributed by atoms with Crippen molar-refractivity contribution in [3.05, 3.63) is 84.4 Å². The Morgan fingerprint density at radius 2 is 1.52 bits per heavy atom. The zero-order chi connectivity index (χ0) is 20.6. The third-order valence-electron chi connectivity index (χ3n) is 4.51. The number of rotatable bonds is 4. The Morgan fingerprint density at radius 3 is 2.17 bits per heavy atom. The summed E-state index contributed by atoms with van der Waals surface area (Å²) in [4.78, 5) is 0.150. The number of halogens is 2. The lowest BCUT2D eigenvalue weighted by Gasteiger charge is -2.07. The van der Waals surface area contributed by atoms with E-state index in [0.717, 1.165) is 17.9 Å². The van der Waals surface area contributed by atoms with Gasteiger partial charge in [-0.15, -0.1) is 0 Å². The summed E-state index contributed by atoms with van der Waals surface area (Å²) in [6.07, 6.45) is 1.12. The molecule has 146 valence electrons. The Kier molecular flexibility index (Phi) is 4.76. The largest absolute Gasteiger partial charge is 0.355 e. The molecule has 0 N–H and O–H groups in total. The summed E-state index contributed by atoms with van der Waals surface area (Å²) in [6.45, 7) is 0. The Bertz CT molecular complexity index is 1280. The predicted octanol–water partition coefficient (Wildman–Crippen LogP) is 5.36. The zero-order valence-electron chi connectivity index (χ0n) is 15.3. The van der Waals surface area contributed by atoms with Crippen LogP contribution in [0, 0.1) is 11.6 Å². The monoisotopic (exact) mass is 411 g/mol. The first-order valence-corrected chi connectivity index (χ1v) is 10.6. The molecule has 3 aromatic carbocycles. The van der Waals surface area contributed by atoms with Crippen molar-refractivity contribution in [1.29, 1.82) is 0 Å². The molecule has 29 heavy (non-hydrogen) atoms. The third-order valence-corrected chi connectivity index (χ3v) is 5.64. The van der Waals surface area contributed by atoms with E-state index in [0.29, 0.717) is 16.8 Å². The number of nitrogens with zero attached hydrogens (tertiary/aromatic N) is 1. The van der Waals surface area contributed by atoms with Gasteiger partial charge in [0.15, 0.2) is 27.2 Å². The van der Waals surface area contributed by atoms with Crippen LogP contribution in [0.3, 0.4) is 0 Å². The summed E-state index contributed by atoms with van der Waals surface area (Å²) in [5.74, 6) is -1.98. The highest BCUT2D eigenvalue weighted by Gasteiger charge is 2.24. The van der Waals surface area contributed by atoms with Crippen molar-refractivity contribution in [3.63, 3.8) is 0 Å².